The minimum Gasteiger partial charge on any atom is -0.386 e. The largest absolute Gasteiger partial charge is 0.386 e. The number of guanidine groups is 1. The lowest BCUT2D eigenvalue weighted by atomic mass is 10.1. The number of unbranched alkanes of at least 4 members (excludes halogenated alkanes) is 1. The summed E-state index contributed by atoms with van der Waals surface area (Å²) >= 11 is 0. The van der Waals surface area contributed by atoms with Crippen molar-refractivity contribution in [3.05, 3.63) is 48.3 Å². The van der Waals surface area contributed by atoms with Gasteiger partial charge in [-0.3, -0.25) is 4.99 Å². The molecule has 0 radical (unpaired) electrons. The molecule has 22 heavy (non-hydrogen) atoms. The van der Waals surface area contributed by atoms with Gasteiger partial charge in [-0.15, -0.1) is 6.58 Å². The van der Waals surface area contributed by atoms with Crippen LogP contribution in [0.25, 0.3) is 0 Å². The number of nitrogens with zero attached hydrogens (tertiary/aromatic N) is 2. The Morgan fingerprint density at radius 2 is 2.23 bits per heavy atom. The van der Waals surface area contributed by atoms with Crippen LogP contribution in [0.4, 0.5) is 4.39 Å². The van der Waals surface area contributed by atoms with Crippen LogP contribution in [0.5, 0.6) is 0 Å². The Morgan fingerprint density at radius 1 is 1.50 bits per heavy atom. The van der Waals surface area contributed by atoms with Crippen LogP contribution in [0.1, 0.15) is 31.4 Å². The fourth-order valence-electron chi connectivity index (χ4n) is 2.07. The van der Waals surface area contributed by atoms with Gasteiger partial charge in [0.2, 0.25) is 0 Å². The molecule has 4 nitrogen and oxygen atoms in total. The van der Waals surface area contributed by atoms with Crippen LogP contribution in [0.3, 0.4) is 0 Å². The first kappa shape index (κ1) is 18.2. The maximum atomic E-state index is 13.6. The molecule has 122 valence electrons. The molecule has 2 N–H and O–H groups in total. The molecule has 0 aromatic heterocycles. The van der Waals surface area contributed by atoms with Gasteiger partial charge in [0.1, 0.15) is 11.9 Å². The van der Waals surface area contributed by atoms with Crippen molar-refractivity contribution in [1.82, 2.24) is 10.2 Å². The molecule has 5 heteroatoms. The average Bonchev–Trinajstić information content (AvgIpc) is 2.51. The van der Waals surface area contributed by atoms with Crippen molar-refractivity contribution in [2.24, 2.45) is 4.99 Å². The fourth-order valence-corrected chi connectivity index (χ4v) is 2.07. The van der Waals surface area contributed by atoms with Gasteiger partial charge in [-0.2, -0.15) is 0 Å². The summed E-state index contributed by atoms with van der Waals surface area (Å²) in [5.74, 6) is 0.302. The highest BCUT2D eigenvalue weighted by molar-refractivity contribution is 5.79. The van der Waals surface area contributed by atoms with E-state index in [-0.39, 0.29) is 12.1 Å². The molecule has 0 aliphatic heterocycles. The van der Waals surface area contributed by atoms with E-state index in [0.29, 0.717) is 5.96 Å². The molecule has 1 rings (SSSR count). The number of aliphatic hydroxyl groups is 1. The van der Waals surface area contributed by atoms with E-state index in [2.05, 4.69) is 16.9 Å². The zero-order valence-corrected chi connectivity index (χ0v) is 13.4. The van der Waals surface area contributed by atoms with Crippen molar-refractivity contribution in [3.8, 4) is 0 Å². The topological polar surface area (TPSA) is 47.9 Å². The lowest BCUT2D eigenvalue weighted by molar-refractivity contribution is 0.182. The first-order valence-electron chi connectivity index (χ1n) is 7.63. The Morgan fingerprint density at radius 3 is 2.86 bits per heavy atom. The van der Waals surface area contributed by atoms with Crippen LogP contribution in [0.15, 0.2) is 41.9 Å². The molecule has 0 aliphatic rings. The van der Waals surface area contributed by atoms with E-state index in [1.165, 1.54) is 6.07 Å². The summed E-state index contributed by atoms with van der Waals surface area (Å²) < 4.78 is 13.6. The Balaban J connectivity index is 2.68. The van der Waals surface area contributed by atoms with Gasteiger partial charge in [0, 0.05) is 25.7 Å². The van der Waals surface area contributed by atoms with E-state index in [1.54, 1.807) is 18.2 Å². The fraction of sp³-hybridized carbons (Fsp3) is 0.471. The summed E-state index contributed by atoms with van der Waals surface area (Å²) in [7, 11) is 1.94. The molecule has 0 saturated heterocycles. The van der Waals surface area contributed by atoms with Crippen molar-refractivity contribution in [1.29, 1.82) is 0 Å². The first-order valence-corrected chi connectivity index (χ1v) is 7.63. The van der Waals surface area contributed by atoms with Crippen LogP contribution >= 0.6 is 0 Å². The predicted octanol–water partition coefficient (Wildman–Crippen LogP) is 2.72. The maximum absolute atomic E-state index is 13.6. The van der Waals surface area contributed by atoms with Crippen molar-refractivity contribution >= 4 is 5.96 Å². The van der Waals surface area contributed by atoms with Gasteiger partial charge in [0.25, 0.3) is 0 Å². The number of aliphatic hydroxyl groups excluding tert-OH is 1. The minimum atomic E-state index is -0.948. The van der Waals surface area contributed by atoms with Gasteiger partial charge >= 0.3 is 0 Å². The Kier molecular flexibility index (Phi) is 8.22. The van der Waals surface area contributed by atoms with E-state index < -0.39 is 11.9 Å². The SMILES string of the molecule is C=CCCCN(C)C(=NCC(O)c1ccccc1F)NCC. The van der Waals surface area contributed by atoms with Gasteiger partial charge in [0.05, 0.1) is 6.54 Å². The van der Waals surface area contributed by atoms with Crippen molar-refractivity contribution in [2.45, 2.75) is 25.9 Å². The molecule has 0 fully saturated rings. The molecule has 0 bridgehead atoms. The number of hydrogen-bond donors (Lipinski definition) is 2. The lowest BCUT2D eigenvalue weighted by Gasteiger charge is -2.22. The van der Waals surface area contributed by atoms with Crippen molar-refractivity contribution < 1.29 is 9.50 Å². The van der Waals surface area contributed by atoms with Crippen LogP contribution in [0, 0.1) is 5.82 Å². The molecule has 1 unspecified atom stereocenters. The molecule has 0 amide bonds. The van der Waals surface area contributed by atoms with Crippen LogP contribution in [-0.4, -0.2) is 42.6 Å². The third-order valence-corrected chi connectivity index (χ3v) is 3.28. The highest BCUT2D eigenvalue weighted by Crippen LogP contribution is 2.16. The zero-order valence-electron chi connectivity index (χ0n) is 13.4. The Bertz CT molecular complexity index is 491. The Hall–Kier alpha value is -1.88. The summed E-state index contributed by atoms with van der Waals surface area (Å²) in [4.78, 5) is 6.40. The third kappa shape index (κ3) is 5.85. The van der Waals surface area contributed by atoms with Crippen molar-refractivity contribution in [3.63, 3.8) is 0 Å². The minimum absolute atomic E-state index is 0.120. The monoisotopic (exact) mass is 307 g/mol. The van der Waals surface area contributed by atoms with Crippen molar-refractivity contribution in [2.75, 3.05) is 26.7 Å². The summed E-state index contributed by atoms with van der Waals surface area (Å²) in [6.07, 6.45) is 2.87. The van der Waals surface area contributed by atoms with Gasteiger partial charge < -0.3 is 15.3 Å². The number of allylic oxidation sites excluding steroid dienone is 1. The molecule has 1 aromatic rings. The highest BCUT2D eigenvalue weighted by Gasteiger charge is 2.13. The third-order valence-electron chi connectivity index (χ3n) is 3.28. The highest BCUT2D eigenvalue weighted by atomic mass is 19.1. The molecule has 0 aliphatic carbocycles. The Labute approximate surface area is 132 Å². The van der Waals surface area contributed by atoms with E-state index in [4.69, 9.17) is 0 Å². The lowest BCUT2D eigenvalue weighted by Crippen LogP contribution is -2.39. The quantitative estimate of drug-likeness (QED) is 0.336. The first-order chi connectivity index (χ1) is 10.6. The predicted molar refractivity (Wildman–Crippen MR) is 89.4 cm³/mol. The zero-order chi connectivity index (χ0) is 16.4. The number of benzene rings is 1. The van der Waals surface area contributed by atoms with E-state index >= 15 is 0 Å². The molecule has 0 saturated carbocycles. The number of halogens is 1. The summed E-state index contributed by atoms with van der Waals surface area (Å²) in [5.41, 5.74) is 0.274. The molecule has 0 spiro atoms. The molecule has 1 aromatic carbocycles. The molecule has 1 atom stereocenters. The second-order valence-corrected chi connectivity index (χ2v) is 5.08. The number of nitrogens with one attached hydrogen (secondary N) is 1. The second kappa shape index (κ2) is 9.95. The van der Waals surface area contributed by atoms with Crippen LogP contribution in [0.2, 0.25) is 0 Å². The number of rotatable bonds is 8. The maximum Gasteiger partial charge on any atom is 0.193 e. The average molecular weight is 307 g/mol. The number of hydrogen-bond acceptors (Lipinski definition) is 2. The van der Waals surface area contributed by atoms with E-state index in [1.807, 2.05) is 24.9 Å². The summed E-state index contributed by atoms with van der Waals surface area (Å²) in [6, 6.07) is 6.23. The van der Waals surface area contributed by atoms with Crippen LogP contribution in [-0.2, 0) is 0 Å². The molecular formula is C17H26FN3O. The summed E-state index contributed by atoms with van der Waals surface area (Å²) in [5, 5.41) is 13.3. The normalized spacial score (nSPS) is 12.8. The van der Waals surface area contributed by atoms with Crippen LogP contribution < -0.4 is 5.32 Å². The second-order valence-electron chi connectivity index (χ2n) is 5.08. The van der Waals surface area contributed by atoms with E-state index in [9.17, 15) is 9.50 Å². The summed E-state index contributed by atoms with van der Waals surface area (Å²) in [6.45, 7) is 7.39. The van der Waals surface area contributed by atoms with Gasteiger partial charge in [-0.25, -0.2) is 4.39 Å². The smallest absolute Gasteiger partial charge is 0.193 e. The van der Waals surface area contributed by atoms with E-state index in [0.717, 1.165) is 25.9 Å². The van der Waals surface area contributed by atoms with Gasteiger partial charge in [0.15, 0.2) is 5.96 Å². The number of aliphatic imine (C=N–C) groups is 1. The van der Waals surface area contributed by atoms with Gasteiger partial charge in [-0.1, -0.05) is 24.3 Å². The molecule has 0 heterocycles. The standard InChI is InChI=1S/C17H26FN3O/c1-4-6-9-12-21(3)17(19-5-2)20-13-16(22)14-10-7-8-11-15(14)18/h4,7-8,10-11,16,22H,1,5-6,9,12-13H2,2-3H3,(H,19,20). The van der Waals surface area contributed by atoms with Gasteiger partial charge in [-0.05, 0) is 25.8 Å². The molecular weight excluding hydrogens is 281 g/mol.